The SMILES string of the molecule is Cc1ccc(NC(=O)C(NC(=O)C2Cc3ccccc3CN2)C(C)C)c(F)c1. The summed E-state index contributed by atoms with van der Waals surface area (Å²) in [5, 5.41) is 8.65. The minimum Gasteiger partial charge on any atom is -0.343 e. The largest absolute Gasteiger partial charge is 0.343 e. The molecule has 0 saturated heterocycles. The van der Waals surface area contributed by atoms with E-state index in [1.807, 2.05) is 38.1 Å². The minimum atomic E-state index is -0.757. The molecule has 2 amide bonds. The van der Waals surface area contributed by atoms with Crippen LogP contribution in [0.2, 0.25) is 0 Å². The molecule has 2 atom stereocenters. The number of rotatable bonds is 5. The third-order valence-electron chi connectivity index (χ3n) is 5.03. The van der Waals surface area contributed by atoms with Gasteiger partial charge < -0.3 is 16.0 Å². The average Bonchev–Trinajstić information content (AvgIpc) is 2.67. The lowest BCUT2D eigenvalue weighted by molar-refractivity contribution is -0.128. The molecule has 5 nitrogen and oxygen atoms in total. The van der Waals surface area contributed by atoms with E-state index in [0.29, 0.717) is 13.0 Å². The molecule has 0 radical (unpaired) electrons. The second-order valence-corrected chi connectivity index (χ2v) is 7.61. The highest BCUT2D eigenvalue weighted by atomic mass is 19.1. The Balaban J connectivity index is 1.67. The molecule has 2 unspecified atom stereocenters. The summed E-state index contributed by atoms with van der Waals surface area (Å²) < 4.78 is 14.1. The molecule has 6 heteroatoms. The van der Waals surface area contributed by atoms with Crippen molar-refractivity contribution in [1.82, 2.24) is 10.6 Å². The molecule has 0 spiro atoms. The fourth-order valence-corrected chi connectivity index (χ4v) is 3.36. The standard InChI is InChI=1S/C22H26FN3O2/c1-13(2)20(22(28)25-18-9-8-14(3)10-17(18)23)26-21(27)19-11-15-6-4-5-7-16(15)12-24-19/h4-10,13,19-20,24H,11-12H2,1-3H3,(H,25,28)(H,26,27). The van der Waals surface area contributed by atoms with Crippen molar-refractivity contribution in [2.24, 2.45) is 5.92 Å². The molecule has 3 N–H and O–H groups in total. The van der Waals surface area contributed by atoms with Gasteiger partial charge in [0.15, 0.2) is 0 Å². The smallest absolute Gasteiger partial charge is 0.247 e. The molecular formula is C22H26FN3O2. The predicted molar refractivity (Wildman–Crippen MR) is 107 cm³/mol. The first-order valence-electron chi connectivity index (χ1n) is 9.52. The lowest BCUT2D eigenvalue weighted by Gasteiger charge is -2.28. The molecule has 0 bridgehead atoms. The van der Waals surface area contributed by atoms with E-state index in [2.05, 4.69) is 16.0 Å². The molecule has 28 heavy (non-hydrogen) atoms. The van der Waals surface area contributed by atoms with E-state index < -0.39 is 23.8 Å². The van der Waals surface area contributed by atoms with Gasteiger partial charge in [-0.1, -0.05) is 44.2 Å². The summed E-state index contributed by atoms with van der Waals surface area (Å²) in [7, 11) is 0. The monoisotopic (exact) mass is 383 g/mol. The van der Waals surface area contributed by atoms with Crippen LogP contribution in [0.25, 0.3) is 0 Å². The molecule has 148 valence electrons. The third kappa shape index (κ3) is 4.57. The van der Waals surface area contributed by atoms with Crippen LogP contribution in [0.15, 0.2) is 42.5 Å². The van der Waals surface area contributed by atoms with E-state index >= 15 is 0 Å². The van der Waals surface area contributed by atoms with Crippen molar-refractivity contribution in [1.29, 1.82) is 0 Å². The van der Waals surface area contributed by atoms with Gasteiger partial charge in [-0.25, -0.2) is 4.39 Å². The Bertz CT molecular complexity index is 882. The van der Waals surface area contributed by atoms with Crippen molar-refractivity contribution < 1.29 is 14.0 Å². The van der Waals surface area contributed by atoms with E-state index in [0.717, 1.165) is 11.1 Å². The molecule has 0 fully saturated rings. The molecule has 0 saturated carbocycles. The fourth-order valence-electron chi connectivity index (χ4n) is 3.36. The zero-order valence-electron chi connectivity index (χ0n) is 16.4. The molecule has 2 aromatic rings. The lowest BCUT2D eigenvalue weighted by Crippen LogP contribution is -2.54. The average molecular weight is 383 g/mol. The highest BCUT2D eigenvalue weighted by Crippen LogP contribution is 2.18. The normalized spacial score (nSPS) is 17.0. The van der Waals surface area contributed by atoms with Gasteiger partial charge >= 0.3 is 0 Å². The van der Waals surface area contributed by atoms with Gasteiger partial charge in [0.05, 0.1) is 11.7 Å². The van der Waals surface area contributed by atoms with Crippen LogP contribution in [0.4, 0.5) is 10.1 Å². The summed E-state index contributed by atoms with van der Waals surface area (Å²) >= 11 is 0. The second kappa shape index (κ2) is 8.52. The topological polar surface area (TPSA) is 70.2 Å². The van der Waals surface area contributed by atoms with Gasteiger partial charge in [0, 0.05) is 6.54 Å². The Kier molecular flexibility index (Phi) is 6.09. The van der Waals surface area contributed by atoms with Crippen molar-refractivity contribution in [2.45, 2.75) is 45.8 Å². The quantitative estimate of drug-likeness (QED) is 0.744. The Morgan fingerprint density at radius 3 is 2.54 bits per heavy atom. The van der Waals surface area contributed by atoms with Crippen molar-refractivity contribution in [3.8, 4) is 0 Å². The first-order valence-corrected chi connectivity index (χ1v) is 9.52. The van der Waals surface area contributed by atoms with Gasteiger partial charge in [0.1, 0.15) is 11.9 Å². The first-order chi connectivity index (χ1) is 13.3. The minimum absolute atomic E-state index is 0.111. The van der Waals surface area contributed by atoms with Gasteiger partial charge in [0.25, 0.3) is 0 Å². The van der Waals surface area contributed by atoms with Gasteiger partial charge in [-0.05, 0) is 48.1 Å². The fraction of sp³-hybridized carbons (Fsp3) is 0.364. The number of nitrogens with one attached hydrogen (secondary N) is 3. The lowest BCUT2D eigenvalue weighted by atomic mass is 9.94. The number of carbonyl (C=O) groups excluding carboxylic acids is 2. The number of benzene rings is 2. The maximum absolute atomic E-state index is 14.1. The van der Waals surface area contributed by atoms with Crippen LogP contribution in [0, 0.1) is 18.7 Å². The number of anilines is 1. The van der Waals surface area contributed by atoms with Crippen LogP contribution in [0.3, 0.4) is 0 Å². The Hall–Kier alpha value is -2.73. The number of hydrogen-bond donors (Lipinski definition) is 3. The number of halogens is 1. The summed E-state index contributed by atoms with van der Waals surface area (Å²) in [4.78, 5) is 25.5. The number of fused-ring (bicyclic) bond motifs is 1. The van der Waals surface area contributed by atoms with Crippen LogP contribution < -0.4 is 16.0 Å². The second-order valence-electron chi connectivity index (χ2n) is 7.61. The van der Waals surface area contributed by atoms with Crippen LogP contribution in [0.5, 0.6) is 0 Å². The van der Waals surface area contributed by atoms with E-state index in [1.54, 1.807) is 13.0 Å². The Labute approximate surface area is 164 Å². The molecule has 0 aliphatic carbocycles. The number of amides is 2. The molecule has 1 aliphatic rings. The van der Waals surface area contributed by atoms with Gasteiger partial charge in [-0.15, -0.1) is 0 Å². The highest BCUT2D eigenvalue weighted by molar-refractivity contribution is 5.98. The summed E-state index contributed by atoms with van der Waals surface area (Å²) in [5.74, 6) is -1.30. The zero-order valence-corrected chi connectivity index (χ0v) is 16.4. The van der Waals surface area contributed by atoms with Crippen LogP contribution in [-0.4, -0.2) is 23.9 Å². The molecule has 1 heterocycles. The van der Waals surface area contributed by atoms with Crippen molar-refractivity contribution in [2.75, 3.05) is 5.32 Å². The van der Waals surface area contributed by atoms with E-state index in [4.69, 9.17) is 0 Å². The van der Waals surface area contributed by atoms with Crippen LogP contribution in [-0.2, 0) is 22.6 Å². The summed E-state index contributed by atoms with van der Waals surface area (Å²) in [6, 6.07) is 11.4. The van der Waals surface area contributed by atoms with E-state index in [1.165, 1.54) is 17.7 Å². The van der Waals surface area contributed by atoms with Crippen molar-refractivity contribution in [3.63, 3.8) is 0 Å². The number of hydrogen-bond acceptors (Lipinski definition) is 3. The highest BCUT2D eigenvalue weighted by Gasteiger charge is 2.30. The van der Waals surface area contributed by atoms with Crippen LogP contribution >= 0.6 is 0 Å². The summed E-state index contributed by atoms with van der Waals surface area (Å²) in [6.07, 6.45) is 0.570. The summed E-state index contributed by atoms with van der Waals surface area (Å²) in [6.45, 7) is 6.09. The van der Waals surface area contributed by atoms with E-state index in [-0.39, 0.29) is 17.5 Å². The predicted octanol–water partition coefficient (Wildman–Crippen LogP) is 2.93. The van der Waals surface area contributed by atoms with Crippen molar-refractivity contribution >= 4 is 17.5 Å². The van der Waals surface area contributed by atoms with Gasteiger partial charge in [-0.2, -0.15) is 0 Å². The maximum Gasteiger partial charge on any atom is 0.247 e. The molecular weight excluding hydrogens is 357 g/mol. The Morgan fingerprint density at radius 1 is 1.14 bits per heavy atom. The van der Waals surface area contributed by atoms with Crippen LogP contribution in [0.1, 0.15) is 30.5 Å². The first kappa shape index (κ1) is 20.0. The summed E-state index contributed by atoms with van der Waals surface area (Å²) in [5.41, 5.74) is 3.20. The van der Waals surface area contributed by atoms with Crippen molar-refractivity contribution in [3.05, 3.63) is 65.0 Å². The third-order valence-corrected chi connectivity index (χ3v) is 5.03. The van der Waals surface area contributed by atoms with E-state index in [9.17, 15) is 14.0 Å². The molecule has 2 aromatic carbocycles. The maximum atomic E-state index is 14.1. The number of aryl methyl sites for hydroxylation is 1. The molecule has 1 aliphatic heterocycles. The number of carbonyl (C=O) groups is 2. The molecule has 0 aromatic heterocycles. The van der Waals surface area contributed by atoms with Gasteiger partial charge in [-0.3, -0.25) is 9.59 Å². The Morgan fingerprint density at radius 2 is 1.86 bits per heavy atom. The molecule has 3 rings (SSSR count). The van der Waals surface area contributed by atoms with Gasteiger partial charge in [0.2, 0.25) is 11.8 Å². The zero-order chi connectivity index (χ0) is 20.3.